The third kappa shape index (κ3) is 4.26. The van der Waals surface area contributed by atoms with Crippen LogP contribution in [0.3, 0.4) is 0 Å². The van der Waals surface area contributed by atoms with E-state index in [-0.39, 0.29) is 11.6 Å². The average Bonchev–Trinajstić information content (AvgIpc) is 2.63. The highest BCUT2D eigenvalue weighted by molar-refractivity contribution is 5.96. The van der Waals surface area contributed by atoms with Crippen molar-refractivity contribution >= 4 is 11.6 Å². The first kappa shape index (κ1) is 16.8. The lowest BCUT2D eigenvalue weighted by Crippen LogP contribution is -2.24. The van der Waals surface area contributed by atoms with Crippen LogP contribution in [0.5, 0.6) is 0 Å². The first-order valence-electron chi connectivity index (χ1n) is 7.84. The van der Waals surface area contributed by atoms with E-state index in [0.717, 1.165) is 23.4 Å². The molecule has 0 fully saturated rings. The maximum Gasteiger partial charge on any atom is 0.232 e. The van der Waals surface area contributed by atoms with E-state index in [4.69, 9.17) is 0 Å². The Hall–Kier alpha value is -3.08. The molecule has 0 saturated carbocycles. The molecule has 0 saturated heterocycles. The minimum absolute atomic E-state index is 0.0478. The fourth-order valence-electron chi connectivity index (χ4n) is 2.59. The third-order valence-electron chi connectivity index (χ3n) is 3.85. The molecular formula is C20H16F2N2O. The van der Waals surface area contributed by atoms with Crippen molar-refractivity contribution in [2.75, 3.05) is 5.32 Å². The summed E-state index contributed by atoms with van der Waals surface area (Å²) in [5.41, 5.74) is 1.51. The monoisotopic (exact) mass is 338 g/mol. The first-order chi connectivity index (χ1) is 12.1. The van der Waals surface area contributed by atoms with Gasteiger partial charge in [-0.05, 0) is 29.8 Å². The van der Waals surface area contributed by atoms with E-state index in [1.165, 1.54) is 6.07 Å². The Morgan fingerprint density at radius 2 is 1.76 bits per heavy atom. The molecule has 1 amide bonds. The Bertz CT molecular complexity index is 854. The van der Waals surface area contributed by atoms with Crippen molar-refractivity contribution in [1.82, 2.24) is 4.98 Å². The van der Waals surface area contributed by atoms with Crippen LogP contribution in [0.4, 0.5) is 14.5 Å². The molecule has 1 unspecified atom stereocenters. The van der Waals surface area contributed by atoms with Gasteiger partial charge in [-0.15, -0.1) is 0 Å². The summed E-state index contributed by atoms with van der Waals surface area (Å²) in [5.74, 6) is -2.41. The zero-order valence-corrected chi connectivity index (χ0v) is 13.3. The van der Waals surface area contributed by atoms with Gasteiger partial charge in [-0.2, -0.15) is 0 Å². The minimum atomic E-state index is -0.807. The predicted octanol–water partition coefficient (Wildman–Crippen LogP) is 4.32. The number of aromatic nitrogens is 1. The van der Waals surface area contributed by atoms with E-state index >= 15 is 0 Å². The summed E-state index contributed by atoms with van der Waals surface area (Å²) < 4.78 is 26.9. The van der Waals surface area contributed by atoms with Gasteiger partial charge in [-0.1, -0.05) is 36.4 Å². The second-order valence-electron chi connectivity index (χ2n) is 5.60. The number of anilines is 1. The maximum absolute atomic E-state index is 13.8. The Kier molecular flexibility index (Phi) is 5.14. The summed E-state index contributed by atoms with van der Waals surface area (Å²) >= 11 is 0. The number of carbonyl (C=O) groups excluding carboxylic acids is 1. The van der Waals surface area contributed by atoms with Crippen molar-refractivity contribution in [3.63, 3.8) is 0 Å². The average molecular weight is 338 g/mol. The van der Waals surface area contributed by atoms with Crippen molar-refractivity contribution in [3.05, 3.63) is 95.8 Å². The minimum Gasteiger partial charge on any atom is -0.323 e. The number of nitrogens with zero attached hydrogens (tertiary/aromatic N) is 1. The Morgan fingerprint density at radius 1 is 1.00 bits per heavy atom. The van der Waals surface area contributed by atoms with Crippen molar-refractivity contribution in [2.45, 2.75) is 12.3 Å². The standard InChI is InChI=1S/C20H16F2N2O/c21-15-9-10-19(18(22)12-15)24-20(25)17(14-6-2-1-3-7-14)13-16-8-4-5-11-23-16/h1-12,17H,13H2,(H,24,25). The molecule has 25 heavy (non-hydrogen) atoms. The zero-order chi connectivity index (χ0) is 17.6. The van der Waals surface area contributed by atoms with Gasteiger partial charge in [-0.3, -0.25) is 9.78 Å². The number of carbonyl (C=O) groups is 1. The fraction of sp³-hybridized carbons (Fsp3) is 0.100. The molecule has 1 aromatic heterocycles. The third-order valence-corrected chi connectivity index (χ3v) is 3.85. The molecule has 0 aliphatic carbocycles. The molecular weight excluding hydrogens is 322 g/mol. The van der Waals surface area contributed by atoms with Crippen LogP contribution in [-0.4, -0.2) is 10.9 Å². The molecule has 0 radical (unpaired) electrons. The number of hydrogen-bond acceptors (Lipinski definition) is 2. The van der Waals surface area contributed by atoms with E-state index in [1.807, 2.05) is 42.5 Å². The number of rotatable bonds is 5. The summed E-state index contributed by atoms with van der Waals surface area (Å²) in [4.78, 5) is 17.0. The van der Waals surface area contributed by atoms with Crippen LogP contribution in [0.15, 0.2) is 72.9 Å². The van der Waals surface area contributed by atoms with Crippen LogP contribution in [0.25, 0.3) is 0 Å². The number of halogens is 2. The van der Waals surface area contributed by atoms with Gasteiger partial charge in [0.15, 0.2) is 0 Å². The molecule has 0 aliphatic heterocycles. The number of benzene rings is 2. The number of nitrogens with one attached hydrogen (secondary N) is 1. The summed E-state index contributed by atoms with van der Waals surface area (Å²) in [6, 6.07) is 17.8. The molecule has 0 aliphatic rings. The molecule has 5 heteroatoms. The van der Waals surface area contributed by atoms with Crippen molar-refractivity contribution in [3.8, 4) is 0 Å². The van der Waals surface area contributed by atoms with Crippen molar-refractivity contribution < 1.29 is 13.6 Å². The van der Waals surface area contributed by atoms with Crippen molar-refractivity contribution in [2.24, 2.45) is 0 Å². The lowest BCUT2D eigenvalue weighted by atomic mass is 9.93. The summed E-state index contributed by atoms with van der Waals surface area (Å²) in [5, 5.41) is 2.55. The highest BCUT2D eigenvalue weighted by Crippen LogP contribution is 2.23. The molecule has 1 atom stereocenters. The highest BCUT2D eigenvalue weighted by atomic mass is 19.1. The van der Waals surface area contributed by atoms with E-state index in [9.17, 15) is 13.6 Å². The van der Waals surface area contributed by atoms with Crippen LogP contribution in [0.2, 0.25) is 0 Å². The Labute approximate surface area is 144 Å². The van der Waals surface area contributed by atoms with Crippen LogP contribution in [0.1, 0.15) is 17.2 Å². The molecule has 3 nitrogen and oxygen atoms in total. The van der Waals surface area contributed by atoms with Gasteiger partial charge in [0.2, 0.25) is 5.91 Å². The second-order valence-corrected chi connectivity index (χ2v) is 5.60. The highest BCUT2D eigenvalue weighted by Gasteiger charge is 2.22. The summed E-state index contributed by atoms with van der Waals surface area (Å²) in [6.07, 6.45) is 2.04. The fourth-order valence-corrected chi connectivity index (χ4v) is 2.59. The number of pyridine rings is 1. The van der Waals surface area contributed by atoms with Crippen LogP contribution in [0, 0.1) is 11.6 Å². The largest absolute Gasteiger partial charge is 0.323 e. The first-order valence-corrected chi connectivity index (χ1v) is 7.84. The van der Waals surface area contributed by atoms with Crippen LogP contribution in [-0.2, 0) is 11.2 Å². The van der Waals surface area contributed by atoms with Gasteiger partial charge >= 0.3 is 0 Å². The topological polar surface area (TPSA) is 42.0 Å². The van der Waals surface area contributed by atoms with E-state index in [1.54, 1.807) is 12.3 Å². The lowest BCUT2D eigenvalue weighted by Gasteiger charge is -2.17. The quantitative estimate of drug-likeness (QED) is 0.752. The van der Waals surface area contributed by atoms with Crippen molar-refractivity contribution in [1.29, 1.82) is 0 Å². The SMILES string of the molecule is O=C(Nc1ccc(F)cc1F)C(Cc1ccccn1)c1ccccc1. The van der Waals surface area contributed by atoms with Gasteiger partial charge in [0.1, 0.15) is 11.6 Å². The van der Waals surface area contributed by atoms with Gasteiger partial charge < -0.3 is 5.32 Å². The maximum atomic E-state index is 13.8. The van der Waals surface area contributed by atoms with Gasteiger partial charge in [0.05, 0.1) is 11.6 Å². The second kappa shape index (κ2) is 7.66. The summed E-state index contributed by atoms with van der Waals surface area (Å²) in [6.45, 7) is 0. The van der Waals surface area contributed by atoms with E-state index in [0.29, 0.717) is 6.42 Å². The van der Waals surface area contributed by atoms with Crippen LogP contribution < -0.4 is 5.32 Å². The van der Waals surface area contributed by atoms with E-state index < -0.39 is 17.6 Å². The van der Waals surface area contributed by atoms with Gasteiger partial charge in [0, 0.05) is 24.4 Å². The normalized spacial score (nSPS) is 11.8. The van der Waals surface area contributed by atoms with Gasteiger partial charge in [0.25, 0.3) is 0 Å². The van der Waals surface area contributed by atoms with E-state index in [2.05, 4.69) is 10.3 Å². The molecule has 1 heterocycles. The zero-order valence-electron chi connectivity index (χ0n) is 13.3. The Morgan fingerprint density at radius 3 is 2.44 bits per heavy atom. The smallest absolute Gasteiger partial charge is 0.232 e. The molecule has 126 valence electrons. The number of amides is 1. The molecule has 0 bridgehead atoms. The lowest BCUT2D eigenvalue weighted by molar-refractivity contribution is -0.117. The summed E-state index contributed by atoms with van der Waals surface area (Å²) in [7, 11) is 0. The predicted molar refractivity (Wildman–Crippen MR) is 92.1 cm³/mol. The number of hydrogen-bond donors (Lipinski definition) is 1. The molecule has 3 aromatic rings. The molecule has 1 N–H and O–H groups in total. The Balaban J connectivity index is 1.87. The molecule has 3 rings (SSSR count). The molecule has 0 spiro atoms. The van der Waals surface area contributed by atoms with Gasteiger partial charge in [-0.25, -0.2) is 8.78 Å². The molecule has 2 aromatic carbocycles. The van der Waals surface area contributed by atoms with Crippen LogP contribution >= 0.6 is 0 Å².